The van der Waals surface area contributed by atoms with Gasteiger partial charge < -0.3 is 15.0 Å². The molecule has 0 unspecified atom stereocenters. The summed E-state index contributed by atoms with van der Waals surface area (Å²) < 4.78 is 5.43. The van der Waals surface area contributed by atoms with Crippen LogP contribution in [-0.2, 0) is 18.0 Å². The molecule has 0 bridgehead atoms. The van der Waals surface area contributed by atoms with E-state index in [2.05, 4.69) is 5.32 Å². The third-order valence-electron chi connectivity index (χ3n) is 5.41. The summed E-state index contributed by atoms with van der Waals surface area (Å²) in [4.78, 5) is 14.7. The van der Waals surface area contributed by atoms with Crippen LogP contribution in [0.4, 0.5) is 0 Å². The smallest absolute Gasteiger partial charge is 0.253 e. The largest absolute Gasteiger partial charge is 0.372 e. The van der Waals surface area contributed by atoms with Crippen LogP contribution in [0.1, 0.15) is 40.7 Å². The monoisotopic (exact) mass is 322 g/mol. The molecule has 4 rings (SSSR count). The van der Waals surface area contributed by atoms with Gasteiger partial charge in [-0.3, -0.25) is 4.79 Å². The second-order valence-corrected chi connectivity index (χ2v) is 6.70. The lowest BCUT2D eigenvalue weighted by Gasteiger charge is -2.39. The summed E-state index contributed by atoms with van der Waals surface area (Å²) in [6.45, 7) is 5.39. The van der Waals surface area contributed by atoms with Gasteiger partial charge in [-0.25, -0.2) is 0 Å². The number of benzene rings is 1. The fourth-order valence-electron chi connectivity index (χ4n) is 3.89. The Bertz CT molecular complexity index is 560. The zero-order valence-electron chi connectivity index (χ0n) is 12.8. The number of fused-ring (bicyclic) bond motifs is 1. The summed E-state index contributed by atoms with van der Waals surface area (Å²) in [6.07, 6.45) is 3.55. The highest BCUT2D eigenvalue weighted by Crippen LogP contribution is 2.37. The van der Waals surface area contributed by atoms with E-state index >= 15 is 0 Å². The van der Waals surface area contributed by atoms with Crippen molar-refractivity contribution in [2.75, 3.05) is 26.2 Å². The van der Waals surface area contributed by atoms with E-state index in [1.54, 1.807) is 0 Å². The number of carbonyl (C=O) groups excluding carboxylic acids is 1. The molecule has 1 aromatic carbocycles. The molecule has 1 aromatic rings. The molecule has 1 amide bonds. The molecular formula is C17H23ClN2O2. The van der Waals surface area contributed by atoms with Crippen molar-refractivity contribution in [3.8, 4) is 0 Å². The molecule has 1 spiro atoms. The number of amides is 1. The predicted molar refractivity (Wildman–Crippen MR) is 87.2 cm³/mol. The first kappa shape index (κ1) is 15.8. The van der Waals surface area contributed by atoms with Gasteiger partial charge in [0.15, 0.2) is 0 Å². The highest BCUT2D eigenvalue weighted by atomic mass is 35.5. The molecule has 2 fully saturated rings. The number of ether oxygens (including phenoxy) is 1. The maximum absolute atomic E-state index is 12.7. The molecule has 0 aliphatic carbocycles. The molecule has 0 saturated carbocycles. The number of nitrogens with one attached hydrogen (secondary N) is 1. The Morgan fingerprint density at radius 1 is 1.14 bits per heavy atom. The molecule has 0 aromatic heterocycles. The van der Waals surface area contributed by atoms with Gasteiger partial charge >= 0.3 is 0 Å². The van der Waals surface area contributed by atoms with Gasteiger partial charge in [0.05, 0.1) is 13.2 Å². The summed E-state index contributed by atoms with van der Waals surface area (Å²) in [5, 5.41) is 3.47. The van der Waals surface area contributed by atoms with Crippen LogP contribution < -0.4 is 5.32 Å². The number of piperidine rings is 1. The first-order valence-corrected chi connectivity index (χ1v) is 7.95. The van der Waals surface area contributed by atoms with E-state index in [1.807, 2.05) is 23.1 Å². The molecule has 5 heteroatoms. The fourth-order valence-corrected chi connectivity index (χ4v) is 3.89. The third-order valence-corrected chi connectivity index (χ3v) is 5.41. The summed E-state index contributed by atoms with van der Waals surface area (Å²) in [5.41, 5.74) is 3.68. The SMILES string of the molecule is Cl.O=C(c1ccc2c(c1)COC2)N1CCC2(CCNC2)CC1. The quantitative estimate of drug-likeness (QED) is 0.863. The summed E-state index contributed by atoms with van der Waals surface area (Å²) in [7, 11) is 0. The molecule has 3 aliphatic rings. The topological polar surface area (TPSA) is 41.6 Å². The lowest BCUT2D eigenvalue weighted by Crippen LogP contribution is -2.44. The molecule has 0 radical (unpaired) electrons. The van der Waals surface area contributed by atoms with Gasteiger partial charge in [-0.2, -0.15) is 0 Å². The second kappa shape index (κ2) is 6.19. The molecule has 0 atom stereocenters. The number of halogens is 1. The lowest BCUT2D eigenvalue weighted by molar-refractivity contribution is 0.0607. The van der Waals surface area contributed by atoms with Crippen molar-refractivity contribution in [1.82, 2.24) is 10.2 Å². The summed E-state index contributed by atoms with van der Waals surface area (Å²) in [5.74, 6) is 0.186. The van der Waals surface area contributed by atoms with Gasteiger partial charge in [-0.05, 0) is 54.5 Å². The van der Waals surface area contributed by atoms with E-state index < -0.39 is 0 Å². The molecule has 3 aliphatic heterocycles. The molecule has 1 N–H and O–H groups in total. The van der Waals surface area contributed by atoms with Crippen LogP contribution in [0.3, 0.4) is 0 Å². The van der Waals surface area contributed by atoms with E-state index in [1.165, 1.54) is 17.5 Å². The van der Waals surface area contributed by atoms with Crippen LogP contribution in [0.25, 0.3) is 0 Å². The number of likely N-dealkylation sites (tertiary alicyclic amines) is 1. The minimum absolute atomic E-state index is 0. The van der Waals surface area contributed by atoms with Crippen LogP contribution in [0.5, 0.6) is 0 Å². The first-order valence-electron chi connectivity index (χ1n) is 7.95. The van der Waals surface area contributed by atoms with Gasteiger partial charge in [-0.15, -0.1) is 12.4 Å². The third kappa shape index (κ3) is 2.75. The average molecular weight is 323 g/mol. The Labute approximate surface area is 137 Å². The molecule has 3 heterocycles. The maximum atomic E-state index is 12.7. The second-order valence-electron chi connectivity index (χ2n) is 6.70. The molecule has 2 saturated heterocycles. The van der Waals surface area contributed by atoms with E-state index in [0.717, 1.165) is 44.6 Å². The molecule has 22 heavy (non-hydrogen) atoms. The average Bonchev–Trinajstić information content (AvgIpc) is 3.16. The van der Waals surface area contributed by atoms with Crippen molar-refractivity contribution in [2.45, 2.75) is 32.5 Å². The molecular weight excluding hydrogens is 300 g/mol. The highest BCUT2D eigenvalue weighted by Gasteiger charge is 2.38. The minimum atomic E-state index is 0. The number of carbonyl (C=O) groups is 1. The lowest BCUT2D eigenvalue weighted by atomic mass is 9.78. The first-order chi connectivity index (χ1) is 10.3. The molecule has 120 valence electrons. The minimum Gasteiger partial charge on any atom is -0.372 e. The van der Waals surface area contributed by atoms with Gasteiger partial charge in [0.25, 0.3) is 5.91 Å². The summed E-state index contributed by atoms with van der Waals surface area (Å²) in [6, 6.07) is 6.02. The fraction of sp³-hybridized carbons (Fsp3) is 0.588. The standard InChI is InChI=1S/C17H22N2O2.ClH/c20-16(13-1-2-14-10-21-11-15(14)9-13)19-7-4-17(5-8-19)3-6-18-12-17;/h1-2,9,18H,3-8,10-12H2;1H. The van der Waals surface area contributed by atoms with E-state index in [4.69, 9.17) is 4.74 Å². The Hall–Kier alpha value is -1.10. The van der Waals surface area contributed by atoms with Crippen molar-refractivity contribution in [1.29, 1.82) is 0 Å². The molecule has 4 nitrogen and oxygen atoms in total. The number of rotatable bonds is 1. The van der Waals surface area contributed by atoms with Gasteiger partial charge in [0.1, 0.15) is 0 Å². The van der Waals surface area contributed by atoms with Gasteiger partial charge in [0, 0.05) is 25.2 Å². The van der Waals surface area contributed by atoms with Gasteiger partial charge in [0.2, 0.25) is 0 Å². The maximum Gasteiger partial charge on any atom is 0.253 e. The summed E-state index contributed by atoms with van der Waals surface area (Å²) >= 11 is 0. The van der Waals surface area contributed by atoms with Crippen LogP contribution in [0.15, 0.2) is 18.2 Å². The Kier molecular flexibility index (Phi) is 4.44. The van der Waals surface area contributed by atoms with E-state index in [0.29, 0.717) is 18.6 Å². The van der Waals surface area contributed by atoms with Gasteiger partial charge in [-0.1, -0.05) is 6.07 Å². The van der Waals surface area contributed by atoms with Crippen molar-refractivity contribution in [3.05, 3.63) is 34.9 Å². The van der Waals surface area contributed by atoms with Crippen LogP contribution in [0.2, 0.25) is 0 Å². The Morgan fingerprint density at radius 3 is 2.64 bits per heavy atom. The number of hydrogen-bond donors (Lipinski definition) is 1. The van der Waals surface area contributed by atoms with Crippen molar-refractivity contribution >= 4 is 18.3 Å². The van der Waals surface area contributed by atoms with Crippen molar-refractivity contribution < 1.29 is 9.53 Å². The van der Waals surface area contributed by atoms with Crippen LogP contribution in [-0.4, -0.2) is 37.0 Å². The Morgan fingerprint density at radius 2 is 1.91 bits per heavy atom. The zero-order valence-corrected chi connectivity index (χ0v) is 13.6. The number of nitrogens with zero attached hydrogens (tertiary/aromatic N) is 1. The van der Waals surface area contributed by atoms with Crippen molar-refractivity contribution in [3.63, 3.8) is 0 Å². The van der Waals surface area contributed by atoms with E-state index in [9.17, 15) is 4.79 Å². The van der Waals surface area contributed by atoms with E-state index in [-0.39, 0.29) is 18.3 Å². The zero-order chi connectivity index (χ0) is 14.3. The number of hydrogen-bond acceptors (Lipinski definition) is 3. The predicted octanol–water partition coefficient (Wildman–Crippen LogP) is 2.35. The van der Waals surface area contributed by atoms with Crippen molar-refractivity contribution in [2.24, 2.45) is 5.41 Å². The highest BCUT2D eigenvalue weighted by molar-refractivity contribution is 5.94. The normalized spacial score (nSPS) is 22.5. The van der Waals surface area contributed by atoms with Crippen LogP contribution in [0, 0.1) is 5.41 Å². The Balaban J connectivity index is 0.00000144. The van der Waals surface area contributed by atoms with Crippen LogP contribution >= 0.6 is 12.4 Å².